The fraction of sp³-hybridized carbons (Fsp3) is 0.133. The second-order valence-electron chi connectivity index (χ2n) is 4.35. The number of nitro groups is 1. The molecule has 0 aliphatic carbocycles. The zero-order valence-electron chi connectivity index (χ0n) is 10.8. The quantitative estimate of drug-likeness (QED) is 0.276. The second kappa shape index (κ2) is 6.47. The average Bonchev–Trinajstić information content (AvgIpc) is 2.47. The number of hydrogen-bond acceptors (Lipinski definition) is 3. The lowest BCUT2D eigenvalue weighted by Crippen LogP contribution is -2.10. The van der Waals surface area contributed by atoms with Crippen molar-refractivity contribution in [1.29, 1.82) is 0 Å². The van der Waals surface area contributed by atoms with Crippen LogP contribution in [0.5, 0.6) is 0 Å². The predicted molar refractivity (Wildman–Crippen MR) is 76.9 cm³/mol. The van der Waals surface area contributed by atoms with Crippen LogP contribution >= 0.6 is 0 Å². The first-order valence-electron chi connectivity index (χ1n) is 6.22. The maximum Gasteiger partial charge on any atom is 0.269 e. The number of benzene rings is 2. The monoisotopic (exact) mass is 270 g/mol. The number of rotatable bonds is 5. The topological polar surface area (TPSA) is 69.2 Å². The molecule has 0 saturated heterocycles. The molecule has 0 radical (unpaired) electrons. The van der Waals surface area contributed by atoms with E-state index in [2.05, 4.69) is 0 Å². The Morgan fingerprint density at radius 1 is 0.950 bits per heavy atom. The van der Waals surface area contributed by atoms with E-state index in [-0.39, 0.29) is 5.69 Å². The minimum atomic E-state index is -0.464. The van der Waals surface area contributed by atoms with Crippen molar-refractivity contribution in [1.82, 2.24) is 0 Å². The molecule has 0 unspecified atom stereocenters. The Hall–Kier alpha value is -2.69. The molecule has 0 heterocycles. The highest BCUT2D eigenvalue weighted by molar-refractivity contribution is 5.76. The van der Waals surface area contributed by atoms with E-state index in [1.807, 2.05) is 30.3 Å². The van der Waals surface area contributed by atoms with Gasteiger partial charge in [0, 0.05) is 24.1 Å². The molecule has 0 fully saturated rings. The number of hydrogen-bond donors (Lipinski definition) is 0. The summed E-state index contributed by atoms with van der Waals surface area (Å²) in [6.45, 7) is 0.348. The third kappa shape index (κ3) is 3.91. The Balaban J connectivity index is 1.97. The summed E-state index contributed by atoms with van der Waals surface area (Å²) in [5.41, 5.74) is 1.77. The van der Waals surface area contributed by atoms with E-state index in [0.717, 1.165) is 10.3 Å². The van der Waals surface area contributed by atoms with Crippen molar-refractivity contribution in [3.8, 4) is 0 Å². The maximum absolute atomic E-state index is 11.7. The van der Waals surface area contributed by atoms with E-state index in [4.69, 9.17) is 0 Å². The molecule has 20 heavy (non-hydrogen) atoms. The molecule has 102 valence electrons. The van der Waals surface area contributed by atoms with Crippen LogP contribution in [-0.2, 0) is 6.42 Å². The summed E-state index contributed by atoms with van der Waals surface area (Å²) in [6, 6.07) is 15.6. The molecular formula is C15H14N2O3. The SMILES string of the molecule is O=[N+]([O-])c1ccc(/C=[N+](\[O-])CCc2ccccc2)cc1. The Labute approximate surface area is 116 Å². The Morgan fingerprint density at radius 3 is 2.20 bits per heavy atom. The molecule has 0 saturated carbocycles. The Kier molecular flexibility index (Phi) is 4.44. The van der Waals surface area contributed by atoms with Gasteiger partial charge in [-0.25, -0.2) is 4.74 Å². The molecule has 0 aliphatic heterocycles. The van der Waals surface area contributed by atoms with Crippen LogP contribution < -0.4 is 0 Å². The van der Waals surface area contributed by atoms with Gasteiger partial charge in [0.15, 0.2) is 12.8 Å². The van der Waals surface area contributed by atoms with Crippen molar-refractivity contribution < 1.29 is 9.66 Å². The lowest BCUT2D eigenvalue weighted by molar-refractivity contribution is -0.451. The van der Waals surface area contributed by atoms with Crippen LogP contribution in [0.1, 0.15) is 11.1 Å². The zero-order chi connectivity index (χ0) is 14.4. The van der Waals surface area contributed by atoms with Gasteiger partial charge in [-0.05, 0) is 17.7 Å². The number of nitro benzene ring substituents is 1. The number of hydroxylamine groups is 1. The van der Waals surface area contributed by atoms with Gasteiger partial charge in [0.05, 0.1) is 4.92 Å². The van der Waals surface area contributed by atoms with Crippen molar-refractivity contribution in [2.75, 3.05) is 6.54 Å². The first-order valence-corrected chi connectivity index (χ1v) is 6.22. The summed E-state index contributed by atoms with van der Waals surface area (Å²) in [7, 11) is 0. The highest BCUT2D eigenvalue weighted by Crippen LogP contribution is 2.10. The van der Waals surface area contributed by atoms with Gasteiger partial charge in [-0.1, -0.05) is 30.3 Å². The van der Waals surface area contributed by atoms with Crippen molar-refractivity contribution in [3.05, 3.63) is 81.0 Å². The molecule has 0 N–H and O–H groups in total. The molecule has 0 aliphatic rings. The van der Waals surface area contributed by atoms with Gasteiger partial charge in [0.1, 0.15) is 0 Å². The Morgan fingerprint density at radius 2 is 1.60 bits per heavy atom. The van der Waals surface area contributed by atoms with Crippen molar-refractivity contribution in [2.24, 2.45) is 0 Å². The standard InChI is InChI=1S/C15H14N2O3/c18-16(11-10-13-4-2-1-3-5-13)12-14-6-8-15(9-7-14)17(19)20/h1-9,12H,10-11H2/b16-12-. The third-order valence-electron chi connectivity index (χ3n) is 2.86. The molecule has 0 spiro atoms. The molecule has 2 aromatic rings. The molecule has 2 rings (SSSR count). The first-order chi connectivity index (χ1) is 9.65. The molecule has 2 aromatic carbocycles. The fourth-order valence-electron chi connectivity index (χ4n) is 1.80. The van der Waals surface area contributed by atoms with Crippen LogP contribution in [0.15, 0.2) is 54.6 Å². The third-order valence-corrected chi connectivity index (χ3v) is 2.86. The minimum Gasteiger partial charge on any atom is -0.624 e. The van der Waals surface area contributed by atoms with E-state index in [1.54, 1.807) is 12.1 Å². The summed E-state index contributed by atoms with van der Waals surface area (Å²) in [5, 5.41) is 22.2. The van der Waals surface area contributed by atoms with Crippen LogP contribution in [0.25, 0.3) is 0 Å². The highest BCUT2D eigenvalue weighted by Gasteiger charge is 2.04. The summed E-state index contributed by atoms with van der Waals surface area (Å²) in [4.78, 5) is 10.1. The lowest BCUT2D eigenvalue weighted by Gasteiger charge is -2.04. The molecular weight excluding hydrogens is 256 g/mol. The highest BCUT2D eigenvalue weighted by atomic mass is 16.6. The average molecular weight is 270 g/mol. The maximum atomic E-state index is 11.7. The van der Waals surface area contributed by atoms with Gasteiger partial charge in [0.2, 0.25) is 0 Å². The summed E-state index contributed by atoms with van der Waals surface area (Å²) in [5.74, 6) is 0. The predicted octanol–water partition coefficient (Wildman–Crippen LogP) is 2.77. The molecule has 5 nitrogen and oxygen atoms in total. The van der Waals surface area contributed by atoms with E-state index in [1.165, 1.54) is 18.3 Å². The van der Waals surface area contributed by atoms with E-state index < -0.39 is 4.92 Å². The smallest absolute Gasteiger partial charge is 0.269 e. The summed E-state index contributed by atoms with van der Waals surface area (Å²) >= 11 is 0. The first kappa shape index (κ1) is 13.7. The van der Waals surface area contributed by atoms with Gasteiger partial charge >= 0.3 is 0 Å². The summed E-state index contributed by atoms with van der Waals surface area (Å²) in [6.07, 6.45) is 2.10. The zero-order valence-corrected chi connectivity index (χ0v) is 10.8. The van der Waals surface area contributed by atoms with E-state index >= 15 is 0 Å². The summed E-state index contributed by atoms with van der Waals surface area (Å²) < 4.78 is 0.841. The van der Waals surface area contributed by atoms with E-state index in [9.17, 15) is 15.3 Å². The number of nitrogens with zero attached hydrogens (tertiary/aromatic N) is 2. The molecule has 0 atom stereocenters. The van der Waals surface area contributed by atoms with Gasteiger partial charge in [0.25, 0.3) is 5.69 Å². The van der Waals surface area contributed by atoms with Crippen molar-refractivity contribution in [2.45, 2.75) is 6.42 Å². The van der Waals surface area contributed by atoms with Crippen LogP contribution in [0.3, 0.4) is 0 Å². The molecule has 0 bridgehead atoms. The van der Waals surface area contributed by atoms with Gasteiger partial charge in [-0.2, -0.15) is 0 Å². The molecule has 0 amide bonds. The normalized spacial score (nSPS) is 11.3. The van der Waals surface area contributed by atoms with Gasteiger partial charge in [-0.15, -0.1) is 0 Å². The van der Waals surface area contributed by atoms with Gasteiger partial charge in [-0.3, -0.25) is 10.1 Å². The van der Waals surface area contributed by atoms with E-state index in [0.29, 0.717) is 18.5 Å². The van der Waals surface area contributed by atoms with Gasteiger partial charge < -0.3 is 5.21 Å². The van der Waals surface area contributed by atoms with Crippen LogP contribution in [0.2, 0.25) is 0 Å². The van der Waals surface area contributed by atoms with Crippen LogP contribution in [0.4, 0.5) is 5.69 Å². The van der Waals surface area contributed by atoms with Crippen molar-refractivity contribution >= 4 is 11.9 Å². The van der Waals surface area contributed by atoms with Crippen LogP contribution in [-0.4, -0.2) is 22.4 Å². The lowest BCUT2D eigenvalue weighted by atomic mass is 10.1. The number of non-ortho nitro benzene ring substituents is 1. The molecule has 0 aromatic heterocycles. The molecule has 5 heteroatoms. The van der Waals surface area contributed by atoms with Crippen LogP contribution in [0, 0.1) is 15.3 Å². The second-order valence-corrected chi connectivity index (χ2v) is 4.35. The fourth-order valence-corrected chi connectivity index (χ4v) is 1.80. The largest absolute Gasteiger partial charge is 0.624 e. The minimum absolute atomic E-state index is 0.0175. The Bertz CT molecular complexity index is 607. The van der Waals surface area contributed by atoms with Crippen molar-refractivity contribution in [3.63, 3.8) is 0 Å².